The van der Waals surface area contributed by atoms with Gasteiger partial charge in [0, 0.05) is 18.5 Å². The third kappa shape index (κ3) is 4.58. The summed E-state index contributed by atoms with van der Waals surface area (Å²) >= 11 is 0. The Bertz CT molecular complexity index is 495. The molecule has 136 valence electrons. The Labute approximate surface area is 145 Å². The Morgan fingerprint density at radius 2 is 1.54 bits per heavy atom. The van der Waals surface area contributed by atoms with Gasteiger partial charge in [-0.25, -0.2) is 0 Å². The van der Waals surface area contributed by atoms with E-state index in [-0.39, 0.29) is 53.5 Å². The van der Waals surface area contributed by atoms with Crippen molar-refractivity contribution < 1.29 is 14.4 Å². The third-order valence-electron chi connectivity index (χ3n) is 4.94. The summed E-state index contributed by atoms with van der Waals surface area (Å²) in [5, 5.41) is 3.04. The fourth-order valence-electron chi connectivity index (χ4n) is 4.47. The van der Waals surface area contributed by atoms with Crippen molar-refractivity contribution in [2.75, 3.05) is 6.54 Å². The summed E-state index contributed by atoms with van der Waals surface area (Å²) in [5.74, 6) is -0.490. The molecule has 2 aliphatic rings. The number of nitrogens with one attached hydrogen (secondary N) is 1. The number of hydrogen-bond donors (Lipinski definition) is 1. The van der Waals surface area contributed by atoms with Crippen LogP contribution in [0.25, 0.3) is 0 Å². The van der Waals surface area contributed by atoms with Crippen LogP contribution in [0.3, 0.4) is 0 Å². The van der Waals surface area contributed by atoms with E-state index in [1.807, 2.05) is 13.8 Å². The Hall–Kier alpha value is -1.39. The van der Waals surface area contributed by atoms with Crippen molar-refractivity contribution in [2.24, 2.45) is 17.3 Å². The molecule has 1 heterocycles. The summed E-state index contributed by atoms with van der Waals surface area (Å²) in [6.45, 7) is 10.7. The van der Waals surface area contributed by atoms with Gasteiger partial charge < -0.3 is 5.32 Å². The molecular formula is C19H32N2O3. The van der Waals surface area contributed by atoms with Gasteiger partial charge in [-0.05, 0) is 38.5 Å². The zero-order valence-electron chi connectivity index (χ0n) is 15.8. The minimum Gasteiger partial charge on any atom is -0.351 e. The number of carbonyl (C=O) groups is 3. The van der Waals surface area contributed by atoms with Gasteiger partial charge in [-0.2, -0.15) is 0 Å². The van der Waals surface area contributed by atoms with E-state index < -0.39 is 0 Å². The highest BCUT2D eigenvalue weighted by atomic mass is 16.2. The quantitative estimate of drug-likeness (QED) is 0.785. The summed E-state index contributed by atoms with van der Waals surface area (Å²) in [6.07, 6.45) is 4.72. The number of amides is 3. The predicted molar refractivity (Wildman–Crippen MR) is 93.1 cm³/mol. The van der Waals surface area contributed by atoms with Crippen LogP contribution in [0.4, 0.5) is 0 Å². The van der Waals surface area contributed by atoms with Gasteiger partial charge >= 0.3 is 0 Å². The molecule has 2 fully saturated rings. The molecule has 0 aromatic heterocycles. The van der Waals surface area contributed by atoms with Gasteiger partial charge in [0.05, 0.1) is 11.8 Å². The average Bonchev–Trinajstić information content (AvgIpc) is 2.66. The molecule has 0 radical (unpaired) electrons. The number of fused-ring (bicyclic) bond motifs is 1. The highest BCUT2D eigenvalue weighted by Crippen LogP contribution is 2.38. The van der Waals surface area contributed by atoms with Crippen LogP contribution in [-0.2, 0) is 14.4 Å². The normalized spacial score (nSPS) is 25.0. The molecular weight excluding hydrogens is 304 g/mol. The molecule has 2 unspecified atom stereocenters. The van der Waals surface area contributed by atoms with Crippen LogP contribution in [0.5, 0.6) is 0 Å². The van der Waals surface area contributed by atoms with E-state index in [0.717, 1.165) is 32.1 Å². The first-order valence-electron chi connectivity index (χ1n) is 9.16. The van der Waals surface area contributed by atoms with Crippen molar-refractivity contribution in [3.8, 4) is 0 Å². The summed E-state index contributed by atoms with van der Waals surface area (Å²) in [5.41, 5.74) is -0.185. The summed E-state index contributed by atoms with van der Waals surface area (Å²) in [4.78, 5) is 38.4. The second-order valence-corrected chi connectivity index (χ2v) is 9.25. The molecule has 3 amide bonds. The van der Waals surface area contributed by atoms with Gasteiger partial charge in [-0.3, -0.25) is 19.3 Å². The van der Waals surface area contributed by atoms with E-state index in [4.69, 9.17) is 0 Å². The first-order valence-corrected chi connectivity index (χ1v) is 9.16. The van der Waals surface area contributed by atoms with Crippen molar-refractivity contribution >= 4 is 17.7 Å². The lowest BCUT2D eigenvalue weighted by Gasteiger charge is -2.33. The Kier molecular flexibility index (Phi) is 5.41. The topological polar surface area (TPSA) is 66.5 Å². The second-order valence-electron chi connectivity index (χ2n) is 9.25. The lowest BCUT2D eigenvalue weighted by molar-refractivity contribution is -0.140. The Morgan fingerprint density at radius 1 is 1.04 bits per heavy atom. The van der Waals surface area contributed by atoms with Gasteiger partial charge in [0.2, 0.25) is 17.7 Å². The van der Waals surface area contributed by atoms with E-state index >= 15 is 0 Å². The second kappa shape index (κ2) is 6.85. The predicted octanol–water partition coefficient (Wildman–Crippen LogP) is 2.88. The zero-order valence-corrected chi connectivity index (χ0v) is 15.8. The van der Waals surface area contributed by atoms with Crippen molar-refractivity contribution in [2.45, 2.75) is 78.7 Å². The van der Waals surface area contributed by atoms with E-state index in [1.165, 1.54) is 4.90 Å². The van der Waals surface area contributed by atoms with E-state index in [2.05, 4.69) is 26.1 Å². The Balaban J connectivity index is 1.87. The number of likely N-dealkylation sites (tertiary alicyclic amines) is 1. The van der Waals surface area contributed by atoms with Crippen LogP contribution >= 0.6 is 0 Å². The van der Waals surface area contributed by atoms with Crippen LogP contribution in [0.2, 0.25) is 0 Å². The van der Waals surface area contributed by atoms with E-state index in [1.54, 1.807) is 0 Å². The standard InChI is InChI=1S/C19H32N2O3/c1-18(2,3)12-19(4,5)20-15(22)10-11-21-16(23)13-8-6-7-9-14(13)17(21)24/h13-14H,6-12H2,1-5H3,(H,20,22). The maximum atomic E-state index is 12.4. The molecule has 2 atom stereocenters. The number of imide groups is 1. The van der Waals surface area contributed by atoms with Crippen LogP contribution in [-0.4, -0.2) is 34.7 Å². The maximum absolute atomic E-state index is 12.4. The van der Waals surface area contributed by atoms with Gasteiger partial charge in [0.15, 0.2) is 0 Å². The van der Waals surface area contributed by atoms with E-state index in [9.17, 15) is 14.4 Å². The number of rotatable bonds is 5. The molecule has 5 nitrogen and oxygen atoms in total. The third-order valence-corrected chi connectivity index (χ3v) is 4.94. The highest BCUT2D eigenvalue weighted by molar-refractivity contribution is 6.05. The average molecular weight is 336 g/mol. The number of carbonyl (C=O) groups excluding carboxylic acids is 3. The summed E-state index contributed by atoms with van der Waals surface area (Å²) in [7, 11) is 0. The van der Waals surface area contributed by atoms with Gasteiger partial charge in [0.1, 0.15) is 0 Å². The minimum atomic E-state index is -0.303. The molecule has 24 heavy (non-hydrogen) atoms. The number of nitrogens with zero attached hydrogens (tertiary/aromatic N) is 1. The highest BCUT2D eigenvalue weighted by Gasteiger charge is 2.47. The largest absolute Gasteiger partial charge is 0.351 e. The maximum Gasteiger partial charge on any atom is 0.233 e. The molecule has 2 rings (SSSR count). The van der Waals surface area contributed by atoms with Crippen molar-refractivity contribution in [1.29, 1.82) is 0 Å². The summed E-state index contributed by atoms with van der Waals surface area (Å²) < 4.78 is 0. The number of hydrogen-bond acceptors (Lipinski definition) is 3. The first kappa shape index (κ1) is 18.9. The van der Waals surface area contributed by atoms with Crippen molar-refractivity contribution in [1.82, 2.24) is 10.2 Å². The molecule has 1 saturated heterocycles. The van der Waals surface area contributed by atoms with Crippen molar-refractivity contribution in [3.05, 3.63) is 0 Å². The van der Waals surface area contributed by atoms with Crippen LogP contribution in [0.1, 0.15) is 73.1 Å². The fraction of sp³-hybridized carbons (Fsp3) is 0.842. The molecule has 0 spiro atoms. The Morgan fingerprint density at radius 3 is 2.00 bits per heavy atom. The molecule has 1 aliphatic carbocycles. The van der Waals surface area contributed by atoms with E-state index in [0.29, 0.717) is 0 Å². The summed E-state index contributed by atoms with van der Waals surface area (Å²) in [6, 6.07) is 0. The molecule has 1 saturated carbocycles. The molecule has 5 heteroatoms. The molecule has 0 aromatic rings. The minimum absolute atomic E-state index is 0.0635. The van der Waals surface area contributed by atoms with Crippen molar-refractivity contribution in [3.63, 3.8) is 0 Å². The molecule has 0 aromatic carbocycles. The molecule has 1 N–H and O–H groups in total. The lowest BCUT2D eigenvalue weighted by Crippen LogP contribution is -2.47. The smallest absolute Gasteiger partial charge is 0.233 e. The van der Waals surface area contributed by atoms with Crippen LogP contribution in [0, 0.1) is 17.3 Å². The van der Waals surface area contributed by atoms with Crippen LogP contribution < -0.4 is 5.32 Å². The monoisotopic (exact) mass is 336 g/mol. The van der Waals surface area contributed by atoms with Gasteiger partial charge in [0.25, 0.3) is 0 Å². The van der Waals surface area contributed by atoms with Crippen LogP contribution in [0.15, 0.2) is 0 Å². The first-order chi connectivity index (χ1) is 11.0. The lowest BCUT2D eigenvalue weighted by atomic mass is 9.81. The van der Waals surface area contributed by atoms with Gasteiger partial charge in [-0.1, -0.05) is 33.6 Å². The molecule has 0 bridgehead atoms. The fourth-order valence-corrected chi connectivity index (χ4v) is 4.47. The molecule has 1 aliphatic heterocycles. The zero-order chi connectivity index (χ0) is 18.1. The van der Waals surface area contributed by atoms with Gasteiger partial charge in [-0.15, -0.1) is 0 Å². The SMILES string of the molecule is CC(C)(C)CC(C)(C)NC(=O)CCN1C(=O)C2CCCCC2C1=O.